The Kier molecular flexibility index (Phi) is 2.69. The molecule has 0 atom stereocenters. The number of benzene rings is 1. The van der Waals surface area contributed by atoms with Crippen LogP contribution in [0.3, 0.4) is 0 Å². The van der Waals surface area contributed by atoms with Crippen LogP contribution in [0.5, 0.6) is 5.75 Å². The van der Waals surface area contributed by atoms with Crippen molar-refractivity contribution in [3.63, 3.8) is 0 Å². The maximum atomic E-state index is 12.0. The molecule has 1 aromatic carbocycles. The van der Waals surface area contributed by atoms with Crippen LogP contribution in [0, 0.1) is 5.92 Å². The number of ketones is 1. The molecule has 1 aromatic heterocycles. The smallest absolute Gasteiger partial charge is 0.167 e. The van der Waals surface area contributed by atoms with E-state index in [9.17, 15) is 4.79 Å². The van der Waals surface area contributed by atoms with Gasteiger partial charge in [0, 0.05) is 28.6 Å². The lowest BCUT2D eigenvalue weighted by atomic mass is 10.0. The first kappa shape index (κ1) is 10.7. The van der Waals surface area contributed by atoms with Gasteiger partial charge in [-0.15, -0.1) is 0 Å². The summed E-state index contributed by atoms with van der Waals surface area (Å²) in [5.74, 6) is 0.926. The summed E-state index contributed by atoms with van der Waals surface area (Å²) in [6.45, 7) is 3.81. The topological polar surface area (TPSA) is 42.1 Å². The molecule has 0 aliphatic rings. The maximum absolute atomic E-state index is 12.0. The van der Waals surface area contributed by atoms with Crippen molar-refractivity contribution < 1.29 is 9.53 Å². The molecule has 1 N–H and O–H groups in total. The van der Waals surface area contributed by atoms with Crippen LogP contribution in [-0.4, -0.2) is 17.9 Å². The lowest BCUT2D eigenvalue weighted by molar-refractivity contribution is 0.0941. The standard InChI is InChI=1S/C13H15NO2/c1-8(2)13(15)11-7-14-12-5-4-9(16-3)6-10(11)12/h4-8,14H,1-3H3. The predicted molar refractivity (Wildman–Crippen MR) is 64.0 cm³/mol. The molecule has 2 rings (SSSR count). The van der Waals surface area contributed by atoms with E-state index < -0.39 is 0 Å². The Balaban J connectivity index is 2.58. The fourth-order valence-electron chi connectivity index (χ4n) is 1.74. The van der Waals surface area contributed by atoms with Crippen LogP contribution in [0.2, 0.25) is 0 Å². The second-order valence-electron chi connectivity index (χ2n) is 4.13. The summed E-state index contributed by atoms with van der Waals surface area (Å²) < 4.78 is 5.16. The molecule has 0 bridgehead atoms. The zero-order valence-electron chi connectivity index (χ0n) is 9.70. The van der Waals surface area contributed by atoms with Crippen molar-refractivity contribution in [3.8, 4) is 5.75 Å². The summed E-state index contributed by atoms with van der Waals surface area (Å²) in [4.78, 5) is 15.1. The number of rotatable bonds is 3. The van der Waals surface area contributed by atoms with Gasteiger partial charge in [0.25, 0.3) is 0 Å². The molecular weight excluding hydrogens is 202 g/mol. The van der Waals surface area contributed by atoms with Gasteiger partial charge < -0.3 is 9.72 Å². The van der Waals surface area contributed by atoms with E-state index in [-0.39, 0.29) is 11.7 Å². The Morgan fingerprint density at radius 1 is 1.38 bits per heavy atom. The normalized spacial score (nSPS) is 11.0. The number of methoxy groups -OCH3 is 1. The van der Waals surface area contributed by atoms with Gasteiger partial charge in [0.1, 0.15) is 5.75 Å². The van der Waals surface area contributed by atoms with E-state index in [1.165, 1.54) is 0 Å². The van der Waals surface area contributed by atoms with Crippen molar-refractivity contribution >= 4 is 16.7 Å². The van der Waals surface area contributed by atoms with Crippen LogP contribution < -0.4 is 4.74 Å². The molecule has 0 radical (unpaired) electrons. The van der Waals surface area contributed by atoms with E-state index in [4.69, 9.17) is 4.74 Å². The molecule has 0 aliphatic carbocycles. The maximum Gasteiger partial charge on any atom is 0.167 e. The minimum atomic E-state index is 0.00482. The Bertz CT molecular complexity index is 526. The molecule has 0 fully saturated rings. The molecule has 0 unspecified atom stereocenters. The lowest BCUT2D eigenvalue weighted by Gasteiger charge is -2.03. The van der Waals surface area contributed by atoms with Gasteiger partial charge in [0.05, 0.1) is 7.11 Å². The fourth-order valence-corrected chi connectivity index (χ4v) is 1.74. The van der Waals surface area contributed by atoms with Gasteiger partial charge in [-0.05, 0) is 18.2 Å². The van der Waals surface area contributed by atoms with Crippen molar-refractivity contribution in [2.45, 2.75) is 13.8 Å². The quantitative estimate of drug-likeness (QED) is 0.803. The van der Waals surface area contributed by atoms with Gasteiger partial charge in [-0.1, -0.05) is 13.8 Å². The number of fused-ring (bicyclic) bond motifs is 1. The van der Waals surface area contributed by atoms with Crippen molar-refractivity contribution in [2.24, 2.45) is 5.92 Å². The molecule has 0 saturated heterocycles. The highest BCUT2D eigenvalue weighted by molar-refractivity contribution is 6.08. The largest absolute Gasteiger partial charge is 0.497 e. The van der Waals surface area contributed by atoms with E-state index in [0.29, 0.717) is 0 Å². The number of carbonyl (C=O) groups is 1. The molecule has 0 spiro atoms. The predicted octanol–water partition coefficient (Wildman–Crippen LogP) is 3.02. The number of aromatic amines is 1. The molecule has 1 heterocycles. The third kappa shape index (κ3) is 1.69. The fraction of sp³-hybridized carbons (Fsp3) is 0.308. The zero-order valence-corrected chi connectivity index (χ0v) is 9.70. The van der Waals surface area contributed by atoms with E-state index >= 15 is 0 Å². The SMILES string of the molecule is COc1ccc2[nH]cc(C(=O)C(C)C)c2c1. The molecule has 84 valence electrons. The van der Waals surface area contributed by atoms with Gasteiger partial charge in [0.2, 0.25) is 0 Å². The number of aromatic nitrogens is 1. The van der Waals surface area contributed by atoms with Crippen LogP contribution in [0.15, 0.2) is 24.4 Å². The average molecular weight is 217 g/mol. The van der Waals surface area contributed by atoms with E-state index in [1.54, 1.807) is 13.3 Å². The average Bonchev–Trinajstić information content (AvgIpc) is 2.70. The van der Waals surface area contributed by atoms with Crippen LogP contribution >= 0.6 is 0 Å². The van der Waals surface area contributed by atoms with Crippen LogP contribution in [-0.2, 0) is 0 Å². The van der Waals surface area contributed by atoms with Crippen LogP contribution in [0.4, 0.5) is 0 Å². The molecule has 0 saturated carbocycles. The van der Waals surface area contributed by atoms with E-state index in [1.807, 2.05) is 32.0 Å². The first-order chi connectivity index (χ1) is 7.63. The molecular formula is C13H15NO2. The lowest BCUT2D eigenvalue weighted by Crippen LogP contribution is -2.06. The number of ether oxygens (including phenoxy) is 1. The summed E-state index contributed by atoms with van der Waals surface area (Å²) in [5, 5.41) is 0.929. The second-order valence-corrected chi connectivity index (χ2v) is 4.13. The molecule has 2 aromatic rings. The van der Waals surface area contributed by atoms with Gasteiger partial charge in [-0.3, -0.25) is 4.79 Å². The van der Waals surface area contributed by atoms with Crippen LogP contribution in [0.1, 0.15) is 24.2 Å². The molecule has 16 heavy (non-hydrogen) atoms. The van der Waals surface area contributed by atoms with Gasteiger partial charge in [0.15, 0.2) is 5.78 Å². The highest BCUT2D eigenvalue weighted by atomic mass is 16.5. The first-order valence-corrected chi connectivity index (χ1v) is 5.33. The highest BCUT2D eigenvalue weighted by Gasteiger charge is 2.15. The third-order valence-corrected chi connectivity index (χ3v) is 2.68. The molecule has 0 amide bonds. The number of Topliss-reactive ketones (excluding diaryl/α,β-unsaturated/α-hetero) is 1. The summed E-state index contributed by atoms with van der Waals surface area (Å²) in [6, 6.07) is 5.69. The van der Waals surface area contributed by atoms with E-state index in [2.05, 4.69) is 4.98 Å². The van der Waals surface area contributed by atoms with Gasteiger partial charge >= 0.3 is 0 Å². The number of hydrogen-bond acceptors (Lipinski definition) is 2. The zero-order chi connectivity index (χ0) is 11.7. The summed E-state index contributed by atoms with van der Waals surface area (Å²) in [6.07, 6.45) is 1.77. The van der Waals surface area contributed by atoms with Gasteiger partial charge in [-0.2, -0.15) is 0 Å². The number of H-pyrrole nitrogens is 1. The Morgan fingerprint density at radius 3 is 2.75 bits per heavy atom. The number of nitrogens with one attached hydrogen (secondary N) is 1. The summed E-state index contributed by atoms with van der Waals surface area (Å²) in [7, 11) is 1.62. The number of carbonyl (C=O) groups excluding carboxylic acids is 1. The third-order valence-electron chi connectivity index (χ3n) is 2.68. The minimum Gasteiger partial charge on any atom is -0.497 e. The first-order valence-electron chi connectivity index (χ1n) is 5.33. The Labute approximate surface area is 94.4 Å². The number of hydrogen-bond donors (Lipinski definition) is 1. The van der Waals surface area contributed by atoms with Crippen molar-refractivity contribution in [1.29, 1.82) is 0 Å². The van der Waals surface area contributed by atoms with Crippen molar-refractivity contribution in [1.82, 2.24) is 4.98 Å². The minimum absolute atomic E-state index is 0.00482. The van der Waals surface area contributed by atoms with E-state index in [0.717, 1.165) is 22.2 Å². The summed E-state index contributed by atoms with van der Waals surface area (Å²) in [5.41, 5.74) is 1.70. The molecule has 3 nitrogen and oxygen atoms in total. The Hall–Kier alpha value is -1.77. The van der Waals surface area contributed by atoms with Gasteiger partial charge in [-0.25, -0.2) is 0 Å². The molecule has 0 aliphatic heterocycles. The summed E-state index contributed by atoms with van der Waals surface area (Å²) >= 11 is 0. The molecule has 3 heteroatoms. The van der Waals surface area contributed by atoms with Crippen molar-refractivity contribution in [3.05, 3.63) is 30.0 Å². The highest BCUT2D eigenvalue weighted by Crippen LogP contribution is 2.25. The van der Waals surface area contributed by atoms with Crippen LogP contribution in [0.25, 0.3) is 10.9 Å². The Morgan fingerprint density at radius 2 is 2.12 bits per heavy atom. The second kappa shape index (κ2) is 4.00. The monoisotopic (exact) mass is 217 g/mol. The van der Waals surface area contributed by atoms with Crippen molar-refractivity contribution in [2.75, 3.05) is 7.11 Å².